The largest absolute Gasteiger partial charge is 0.338 e. The third-order valence-electron chi connectivity index (χ3n) is 5.09. The van der Waals surface area contributed by atoms with Crippen molar-refractivity contribution in [3.63, 3.8) is 0 Å². The second-order valence-corrected chi connectivity index (χ2v) is 8.49. The molecule has 2 amide bonds. The van der Waals surface area contributed by atoms with Gasteiger partial charge in [-0.15, -0.1) is 11.8 Å². The molecule has 1 aromatic rings. The second kappa shape index (κ2) is 7.26. The van der Waals surface area contributed by atoms with Crippen LogP contribution in [-0.2, 0) is 4.79 Å². The van der Waals surface area contributed by atoms with Crippen LogP contribution in [-0.4, -0.2) is 56.8 Å². The molecule has 2 fully saturated rings. The van der Waals surface area contributed by atoms with E-state index in [9.17, 15) is 19.7 Å². The minimum Gasteiger partial charge on any atom is -0.338 e. The van der Waals surface area contributed by atoms with Gasteiger partial charge in [0.15, 0.2) is 0 Å². The molecule has 8 heteroatoms. The Hall–Kier alpha value is -2.09. The first-order valence-corrected chi connectivity index (χ1v) is 9.82. The van der Waals surface area contributed by atoms with Crippen LogP contribution in [0.25, 0.3) is 0 Å². The SMILES string of the molecule is CC(C)C(=O)N1CCSC12CCN(C(=O)c1ccc([N+](=O)[O-])cc1)CC2. The lowest BCUT2D eigenvalue weighted by atomic mass is 9.99. The molecule has 3 rings (SSSR count). The predicted molar refractivity (Wildman–Crippen MR) is 100.0 cm³/mol. The standard InChI is InChI=1S/C18H23N3O4S/c1-13(2)16(22)20-11-12-26-18(20)7-9-19(10-8-18)17(23)14-3-5-15(6-4-14)21(24)25/h3-6,13H,7-12H2,1-2H3. The van der Waals surface area contributed by atoms with Gasteiger partial charge >= 0.3 is 0 Å². The maximum Gasteiger partial charge on any atom is 0.269 e. The molecule has 0 radical (unpaired) electrons. The summed E-state index contributed by atoms with van der Waals surface area (Å²) in [4.78, 5) is 39.1. The number of amides is 2. The van der Waals surface area contributed by atoms with Crippen LogP contribution in [0.15, 0.2) is 24.3 Å². The van der Waals surface area contributed by atoms with Gasteiger partial charge in [-0.25, -0.2) is 0 Å². The van der Waals surface area contributed by atoms with Crippen molar-refractivity contribution >= 4 is 29.3 Å². The van der Waals surface area contributed by atoms with E-state index in [1.54, 1.807) is 4.90 Å². The zero-order chi connectivity index (χ0) is 18.9. The molecule has 0 aliphatic carbocycles. The number of rotatable bonds is 3. The average molecular weight is 377 g/mol. The van der Waals surface area contributed by atoms with Crippen molar-refractivity contribution in [2.45, 2.75) is 31.6 Å². The van der Waals surface area contributed by atoms with Gasteiger partial charge in [0.2, 0.25) is 5.91 Å². The highest BCUT2D eigenvalue weighted by atomic mass is 32.2. The molecule has 0 unspecified atom stereocenters. The number of carbonyl (C=O) groups excluding carboxylic acids is 2. The van der Waals surface area contributed by atoms with Crippen LogP contribution < -0.4 is 0 Å². The van der Waals surface area contributed by atoms with Crippen LogP contribution in [0, 0.1) is 16.0 Å². The smallest absolute Gasteiger partial charge is 0.269 e. The molecule has 0 bridgehead atoms. The average Bonchev–Trinajstić information content (AvgIpc) is 3.04. The number of likely N-dealkylation sites (tertiary alicyclic amines) is 1. The minimum atomic E-state index is -0.476. The number of nitro groups is 1. The van der Waals surface area contributed by atoms with Gasteiger partial charge in [-0.05, 0) is 25.0 Å². The van der Waals surface area contributed by atoms with Crippen LogP contribution in [0.4, 0.5) is 5.69 Å². The van der Waals surface area contributed by atoms with Gasteiger partial charge < -0.3 is 9.80 Å². The highest BCUT2D eigenvalue weighted by Crippen LogP contribution is 2.44. The van der Waals surface area contributed by atoms with Crippen molar-refractivity contribution in [2.75, 3.05) is 25.4 Å². The van der Waals surface area contributed by atoms with Gasteiger partial charge in [-0.1, -0.05) is 13.8 Å². The summed E-state index contributed by atoms with van der Waals surface area (Å²) < 4.78 is 0. The predicted octanol–water partition coefficient (Wildman–Crippen LogP) is 2.76. The molecule has 7 nitrogen and oxygen atoms in total. The fraction of sp³-hybridized carbons (Fsp3) is 0.556. The third-order valence-corrected chi connectivity index (χ3v) is 6.65. The molecule has 2 aliphatic rings. The summed E-state index contributed by atoms with van der Waals surface area (Å²) in [5.74, 6) is 0.990. The molecule has 2 heterocycles. The van der Waals surface area contributed by atoms with Gasteiger partial charge in [0.25, 0.3) is 11.6 Å². The highest BCUT2D eigenvalue weighted by Gasteiger charge is 2.47. The molecule has 1 spiro atoms. The zero-order valence-electron chi connectivity index (χ0n) is 15.0. The third kappa shape index (κ3) is 3.42. The Kier molecular flexibility index (Phi) is 5.22. The molecule has 0 atom stereocenters. The lowest BCUT2D eigenvalue weighted by Gasteiger charge is -2.44. The van der Waals surface area contributed by atoms with Gasteiger partial charge in [0.05, 0.1) is 9.79 Å². The number of non-ortho nitro benzene ring substituents is 1. The molecule has 1 aromatic carbocycles. The number of thioether (sulfide) groups is 1. The van der Waals surface area contributed by atoms with E-state index in [1.807, 2.05) is 30.5 Å². The summed E-state index contributed by atoms with van der Waals surface area (Å²) in [6, 6.07) is 5.72. The van der Waals surface area contributed by atoms with Crippen molar-refractivity contribution in [2.24, 2.45) is 5.92 Å². The lowest BCUT2D eigenvalue weighted by molar-refractivity contribution is -0.384. The number of nitro benzene ring substituents is 1. The first-order chi connectivity index (χ1) is 12.3. The van der Waals surface area contributed by atoms with Crippen LogP contribution >= 0.6 is 11.8 Å². The molecule has 140 valence electrons. The van der Waals surface area contributed by atoms with Gasteiger partial charge in [0.1, 0.15) is 0 Å². The monoisotopic (exact) mass is 377 g/mol. The first kappa shape index (κ1) is 18.7. The van der Waals surface area contributed by atoms with Crippen molar-refractivity contribution < 1.29 is 14.5 Å². The molecule has 0 saturated carbocycles. The summed E-state index contributed by atoms with van der Waals surface area (Å²) >= 11 is 1.83. The maximum absolute atomic E-state index is 12.7. The number of hydrogen-bond donors (Lipinski definition) is 0. The van der Waals surface area contributed by atoms with Crippen molar-refractivity contribution in [1.29, 1.82) is 0 Å². The lowest BCUT2D eigenvalue weighted by Crippen LogP contribution is -2.54. The number of hydrogen-bond acceptors (Lipinski definition) is 5. The Morgan fingerprint density at radius 1 is 1.15 bits per heavy atom. The van der Waals surface area contributed by atoms with Crippen LogP contribution in [0.3, 0.4) is 0 Å². The number of piperidine rings is 1. The fourth-order valence-corrected chi connectivity index (χ4v) is 5.08. The normalized spacial score (nSPS) is 19.2. The van der Waals surface area contributed by atoms with Crippen LogP contribution in [0.1, 0.15) is 37.0 Å². The molecular weight excluding hydrogens is 354 g/mol. The molecule has 2 saturated heterocycles. The summed E-state index contributed by atoms with van der Waals surface area (Å²) in [6.07, 6.45) is 1.52. The van der Waals surface area contributed by atoms with E-state index in [1.165, 1.54) is 24.3 Å². The first-order valence-electron chi connectivity index (χ1n) is 8.83. The summed E-state index contributed by atoms with van der Waals surface area (Å²) in [5.41, 5.74) is 0.435. The highest BCUT2D eigenvalue weighted by molar-refractivity contribution is 8.00. The molecule has 0 N–H and O–H groups in total. The second-order valence-electron chi connectivity index (χ2n) is 7.04. The molecular formula is C18H23N3O4S. The summed E-state index contributed by atoms with van der Waals surface area (Å²) in [7, 11) is 0. The maximum atomic E-state index is 12.7. The minimum absolute atomic E-state index is 0.0228. The van der Waals surface area contributed by atoms with E-state index in [4.69, 9.17) is 0 Å². The summed E-state index contributed by atoms with van der Waals surface area (Å²) in [5, 5.41) is 10.7. The Balaban J connectivity index is 1.67. The number of carbonyl (C=O) groups is 2. The van der Waals surface area contributed by atoms with E-state index in [-0.39, 0.29) is 28.3 Å². The van der Waals surface area contributed by atoms with Crippen LogP contribution in [0.2, 0.25) is 0 Å². The fourth-order valence-electron chi connectivity index (χ4n) is 3.61. The number of benzene rings is 1. The van der Waals surface area contributed by atoms with Gasteiger partial charge in [-0.2, -0.15) is 0 Å². The van der Waals surface area contributed by atoms with Crippen LogP contribution in [0.5, 0.6) is 0 Å². The topological polar surface area (TPSA) is 83.8 Å². The Bertz CT molecular complexity index is 712. The van der Waals surface area contributed by atoms with E-state index in [0.717, 1.165) is 25.1 Å². The Labute approximate surface area is 156 Å². The summed E-state index contributed by atoms with van der Waals surface area (Å²) in [6.45, 7) is 5.80. The molecule has 26 heavy (non-hydrogen) atoms. The Morgan fingerprint density at radius 3 is 2.31 bits per heavy atom. The van der Waals surface area contributed by atoms with E-state index in [0.29, 0.717) is 18.7 Å². The van der Waals surface area contributed by atoms with Crippen molar-refractivity contribution in [1.82, 2.24) is 9.80 Å². The van der Waals surface area contributed by atoms with E-state index in [2.05, 4.69) is 0 Å². The van der Waals surface area contributed by atoms with Crippen molar-refractivity contribution in [3.8, 4) is 0 Å². The van der Waals surface area contributed by atoms with Gasteiger partial charge in [-0.3, -0.25) is 19.7 Å². The van der Waals surface area contributed by atoms with Crippen molar-refractivity contribution in [3.05, 3.63) is 39.9 Å². The van der Waals surface area contributed by atoms with E-state index >= 15 is 0 Å². The molecule has 0 aromatic heterocycles. The number of nitrogens with zero attached hydrogens (tertiary/aromatic N) is 3. The van der Waals surface area contributed by atoms with E-state index < -0.39 is 4.92 Å². The molecule has 2 aliphatic heterocycles. The zero-order valence-corrected chi connectivity index (χ0v) is 15.8. The Morgan fingerprint density at radius 2 is 1.77 bits per heavy atom. The quantitative estimate of drug-likeness (QED) is 0.597. The van der Waals surface area contributed by atoms with Gasteiger partial charge in [0, 0.05) is 49.0 Å².